The van der Waals surface area contributed by atoms with Gasteiger partial charge in [0, 0.05) is 28.2 Å². The highest BCUT2D eigenvalue weighted by Crippen LogP contribution is 2.28. The zero-order chi connectivity index (χ0) is 21.3. The topological polar surface area (TPSA) is 71.3 Å². The van der Waals surface area contributed by atoms with Crippen molar-refractivity contribution >= 4 is 28.5 Å². The molecular formula is C25H28N2O3. The first-order chi connectivity index (χ1) is 14.4. The molecule has 1 aliphatic carbocycles. The number of para-hydroxylation sites is 1. The number of nitrogens with one attached hydrogen (secondary N) is 2. The summed E-state index contributed by atoms with van der Waals surface area (Å²) in [5.74, 6) is -0.0186. The summed E-state index contributed by atoms with van der Waals surface area (Å²) in [5.41, 5.74) is 4.69. The number of aryl methyl sites for hydroxylation is 3. The maximum Gasteiger partial charge on any atom is 0.291 e. The van der Waals surface area contributed by atoms with Gasteiger partial charge in [-0.05, 0) is 62.9 Å². The number of rotatable bonds is 4. The van der Waals surface area contributed by atoms with Crippen molar-refractivity contribution in [2.24, 2.45) is 0 Å². The number of benzene rings is 2. The van der Waals surface area contributed by atoms with Gasteiger partial charge < -0.3 is 15.1 Å². The molecule has 1 saturated carbocycles. The fraction of sp³-hybridized carbons (Fsp3) is 0.360. The monoisotopic (exact) mass is 404 g/mol. The minimum absolute atomic E-state index is 0.0496. The Labute approximate surface area is 176 Å². The highest BCUT2D eigenvalue weighted by Gasteiger charge is 2.20. The van der Waals surface area contributed by atoms with Crippen LogP contribution in [-0.4, -0.2) is 17.9 Å². The summed E-state index contributed by atoms with van der Waals surface area (Å²) in [6.45, 7) is 5.75. The molecule has 0 atom stereocenters. The summed E-state index contributed by atoms with van der Waals surface area (Å²) in [7, 11) is 0. The van der Waals surface area contributed by atoms with E-state index < -0.39 is 0 Å². The van der Waals surface area contributed by atoms with E-state index in [4.69, 9.17) is 4.42 Å². The van der Waals surface area contributed by atoms with Gasteiger partial charge in [-0.2, -0.15) is 0 Å². The lowest BCUT2D eigenvalue weighted by Crippen LogP contribution is -2.36. The number of anilines is 1. The molecule has 4 rings (SSSR count). The Bertz CT molecular complexity index is 1110. The molecule has 2 amide bonds. The summed E-state index contributed by atoms with van der Waals surface area (Å²) >= 11 is 0. The second-order valence-electron chi connectivity index (χ2n) is 8.30. The van der Waals surface area contributed by atoms with E-state index in [0.29, 0.717) is 17.0 Å². The Morgan fingerprint density at radius 3 is 2.40 bits per heavy atom. The van der Waals surface area contributed by atoms with E-state index in [9.17, 15) is 9.59 Å². The third-order valence-electron chi connectivity index (χ3n) is 6.04. The van der Waals surface area contributed by atoms with Gasteiger partial charge >= 0.3 is 0 Å². The van der Waals surface area contributed by atoms with Crippen molar-refractivity contribution in [3.05, 3.63) is 64.4 Å². The van der Waals surface area contributed by atoms with Gasteiger partial charge in [-0.3, -0.25) is 9.59 Å². The molecule has 156 valence electrons. The van der Waals surface area contributed by atoms with Crippen LogP contribution in [0.2, 0.25) is 0 Å². The van der Waals surface area contributed by atoms with Crippen LogP contribution in [0.15, 0.2) is 40.8 Å². The van der Waals surface area contributed by atoms with E-state index in [0.717, 1.165) is 40.5 Å². The van der Waals surface area contributed by atoms with Crippen molar-refractivity contribution in [1.82, 2.24) is 5.32 Å². The Morgan fingerprint density at radius 1 is 0.933 bits per heavy atom. The number of carbonyl (C=O) groups excluding carboxylic acids is 2. The highest BCUT2D eigenvalue weighted by molar-refractivity contribution is 6.07. The van der Waals surface area contributed by atoms with Crippen molar-refractivity contribution in [1.29, 1.82) is 0 Å². The van der Waals surface area contributed by atoms with E-state index in [2.05, 4.69) is 10.6 Å². The maximum absolute atomic E-state index is 12.9. The molecule has 30 heavy (non-hydrogen) atoms. The Balaban J connectivity index is 1.50. The van der Waals surface area contributed by atoms with Crippen LogP contribution >= 0.6 is 0 Å². The Morgan fingerprint density at radius 2 is 1.70 bits per heavy atom. The van der Waals surface area contributed by atoms with E-state index in [1.165, 1.54) is 19.3 Å². The van der Waals surface area contributed by atoms with Gasteiger partial charge in [0.05, 0.1) is 0 Å². The molecule has 1 fully saturated rings. The molecule has 3 aromatic rings. The predicted molar refractivity (Wildman–Crippen MR) is 119 cm³/mol. The minimum atomic E-state index is -0.286. The van der Waals surface area contributed by atoms with Gasteiger partial charge in [-0.1, -0.05) is 37.5 Å². The largest absolute Gasteiger partial charge is 0.450 e. The van der Waals surface area contributed by atoms with Crippen LogP contribution in [0, 0.1) is 20.8 Å². The smallest absolute Gasteiger partial charge is 0.291 e. The SMILES string of the molecule is Cc1cc(C(=O)NC2CCCCC2)ccc1NC(=O)c1oc2c(C)cccc2c1C. The average molecular weight is 405 g/mol. The summed E-state index contributed by atoms with van der Waals surface area (Å²) in [5, 5.41) is 7.02. The number of hydrogen-bond donors (Lipinski definition) is 2. The van der Waals surface area contributed by atoms with Crippen molar-refractivity contribution in [2.75, 3.05) is 5.32 Å². The standard InChI is InChI=1S/C25H28N2O3/c1-15-8-7-11-20-17(3)23(30-22(15)20)25(29)27-21-13-12-18(14-16(21)2)24(28)26-19-9-5-4-6-10-19/h7-8,11-14,19H,4-6,9-10H2,1-3H3,(H,26,28)(H,27,29). The van der Waals surface area contributed by atoms with Crippen LogP contribution in [-0.2, 0) is 0 Å². The van der Waals surface area contributed by atoms with Gasteiger partial charge in [0.1, 0.15) is 5.58 Å². The molecular weight excluding hydrogens is 376 g/mol. The van der Waals surface area contributed by atoms with Crippen LogP contribution in [0.1, 0.15) is 69.7 Å². The first-order valence-corrected chi connectivity index (χ1v) is 10.7. The van der Waals surface area contributed by atoms with Crippen LogP contribution in [0.5, 0.6) is 0 Å². The van der Waals surface area contributed by atoms with Gasteiger partial charge in [0.2, 0.25) is 0 Å². The van der Waals surface area contributed by atoms with E-state index in [1.54, 1.807) is 12.1 Å². The quantitative estimate of drug-likeness (QED) is 0.588. The van der Waals surface area contributed by atoms with Crippen molar-refractivity contribution in [3.63, 3.8) is 0 Å². The third kappa shape index (κ3) is 3.97. The maximum atomic E-state index is 12.9. The fourth-order valence-electron chi connectivity index (χ4n) is 4.24. The first-order valence-electron chi connectivity index (χ1n) is 10.7. The molecule has 0 radical (unpaired) electrons. The Kier molecular flexibility index (Phi) is 5.62. The van der Waals surface area contributed by atoms with Crippen LogP contribution in [0.4, 0.5) is 5.69 Å². The number of furan rings is 1. The zero-order valence-corrected chi connectivity index (χ0v) is 17.8. The van der Waals surface area contributed by atoms with Crippen molar-refractivity contribution in [3.8, 4) is 0 Å². The molecule has 2 N–H and O–H groups in total. The molecule has 0 bridgehead atoms. The Hall–Kier alpha value is -3.08. The van der Waals surface area contributed by atoms with Gasteiger partial charge in [0.25, 0.3) is 11.8 Å². The number of carbonyl (C=O) groups is 2. The lowest BCUT2D eigenvalue weighted by Gasteiger charge is -2.23. The lowest BCUT2D eigenvalue weighted by atomic mass is 9.95. The minimum Gasteiger partial charge on any atom is -0.450 e. The van der Waals surface area contributed by atoms with E-state index >= 15 is 0 Å². The summed E-state index contributed by atoms with van der Waals surface area (Å²) in [4.78, 5) is 25.4. The molecule has 5 nitrogen and oxygen atoms in total. The number of amides is 2. The number of fused-ring (bicyclic) bond motifs is 1. The van der Waals surface area contributed by atoms with Gasteiger partial charge in [0.15, 0.2) is 5.76 Å². The molecule has 0 spiro atoms. The highest BCUT2D eigenvalue weighted by atomic mass is 16.3. The summed E-state index contributed by atoms with van der Waals surface area (Å²) < 4.78 is 5.87. The lowest BCUT2D eigenvalue weighted by molar-refractivity contribution is 0.0927. The zero-order valence-electron chi connectivity index (χ0n) is 17.8. The van der Waals surface area contributed by atoms with Gasteiger partial charge in [-0.25, -0.2) is 0 Å². The molecule has 1 aromatic heterocycles. The molecule has 0 aliphatic heterocycles. The van der Waals surface area contributed by atoms with E-state index in [1.807, 2.05) is 45.0 Å². The normalized spacial score (nSPS) is 14.6. The molecule has 5 heteroatoms. The second kappa shape index (κ2) is 8.34. The summed E-state index contributed by atoms with van der Waals surface area (Å²) in [6.07, 6.45) is 5.71. The molecule has 2 aromatic carbocycles. The fourth-order valence-corrected chi connectivity index (χ4v) is 4.24. The average Bonchev–Trinajstić information content (AvgIpc) is 3.08. The molecule has 1 heterocycles. The molecule has 1 aliphatic rings. The van der Waals surface area contributed by atoms with Crippen LogP contribution in [0.25, 0.3) is 11.0 Å². The summed E-state index contributed by atoms with van der Waals surface area (Å²) in [6, 6.07) is 11.5. The van der Waals surface area contributed by atoms with Crippen LogP contribution in [0.3, 0.4) is 0 Å². The first kappa shape index (κ1) is 20.2. The van der Waals surface area contributed by atoms with Gasteiger partial charge in [-0.15, -0.1) is 0 Å². The van der Waals surface area contributed by atoms with Crippen molar-refractivity contribution in [2.45, 2.75) is 58.9 Å². The van der Waals surface area contributed by atoms with Crippen molar-refractivity contribution < 1.29 is 14.0 Å². The molecule has 0 unspecified atom stereocenters. The van der Waals surface area contributed by atoms with E-state index in [-0.39, 0.29) is 17.9 Å². The third-order valence-corrected chi connectivity index (χ3v) is 6.04. The second-order valence-corrected chi connectivity index (χ2v) is 8.30. The molecule has 0 saturated heterocycles. The van der Waals surface area contributed by atoms with Crippen LogP contribution < -0.4 is 10.6 Å². The predicted octanol–water partition coefficient (Wildman–Crippen LogP) is 5.67. The number of hydrogen-bond acceptors (Lipinski definition) is 3.